The quantitative estimate of drug-likeness (QED) is 0.624. The molecule has 0 spiro atoms. The molecule has 2 aromatic heterocycles. The number of aromatic nitrogens is 4. The predicted molar refractivity (Wildman–Crippen MR) is 75.1 cm³/mol. The van der Waals surface area contributed by atoms with Crippen LogP contribution < -0.4 is 11.2 Å². The molecule has 7 nitrogen and oxygen atoms in total. The zero-order valence-corrected chi connectivity index (χ0v) is 12.3. The van der Waals surface area contributed by atoms with Gasteiger partial charge < -0.3 is 9.72 Å². The third-order valence-electron chi connectivity index (χ3n) is 2.79. The highest BCUT2D eigenvalue weighted by atomic mass is 28.3. The van der Waals surface area contributed by atoms with Crippen molar-refractivity contribution in [1.82, 2.24) is 19.5 Å². The van der Waals surface area contributed by atoms with Crippen molar-refractivity contribution in [2.75, 3.05) is 6.61 Å². The maximum absolute atomic E-state index is 12.0. The molecule has 0 bridgehead atoms. The van der Waals surface area contributed by atoms with Crippen LogP contribution in [0.3, 0.4) is 0 Å². The van der Waals surface area contributed by atoms with E-state index in [2.05, 4.69) is 34.6 Å². The molecular weight excluding hydrogens is 264 g/mol. The molecule has 0 aromatic carbocycles. The molecule has 0 aliphatic heterocycles. The molecule has 0 saturated carbocycles. The van der Waals surface area contributed by atoms with Gasteiger partial charge in [-0.05, 0) is 6.04 Å². The van der Waals surface area contributed by atoms with E-state index < -0.39 is 19.3 Å². The van der Waals surface area contributed by atoms with Gasteiger partial charge >= 0.3 is 5.69 Å². The summed E-state index contributed by atoms with van der Waals surface area (Å²) in [6.45, 7) is 7.25. The van der Waals surface area contributed by atoms with Crippen molar-refractivity contribution in [2.24, 2.45) is 0 Å². The van der Waals surface area contributed by atoms with Gasteiger partial charge in [0.15, 0.2) is 5.65 Å². The van der Waals surface area contributed by atoms with Crippen molar-refractivity contribution < 1.29 is 4.74 Å². The standard InChI is InChI=1S/C11H18N4O3Si/c1-19(2,3)5-4-18-7-15-10(16)8-9(13-6-12-8)14-11(15)17/h6H,4-5,7H2,1-3H3,(H,12,13)(H,14,17). The van der Waals surface area contributed by atoms with E-state index in [4.69, 9.17) is 4.74 Å². The minimum absolute atomic E-state index is 0.0341. The number of hydrogen-bond donors (Lipinski definition) is 2. The molecule has 19 heavy (non-hydrogen) atoms. The molecule has 2 rings (SSSR count). The van der Waals surface area contributed by atoms with E-state index in [1.165, 1.54) is 6.33 Å². The van der Waals surface area contributed by atoms with Gasteiger partial charge in [-0.3, -0.25) is 9.78 Å². The largest absolute Gasteiger partial charge is 0.361 e. The third-order valence-corrected chi connectivity index (χ3v) is 4.49. The maximum Gasteiger partial charge on any atom is 0.332 e. The monoisotopic (exact) mass is 282 g/mol. The number of fused-ring (bicyclic) bond motifs is 1. The smallest absolute Gasteiger partial charge is 0.332 e. The highest BCUT2D eigenvalue weighted by Gasteiger charge is 2.13. The Morgan fingerprint density at radius 3 is 2.79 bits per heavy atom. The SMILES string of the molecule is C[Si](C)(C)CCOCn1c(=O)[nH]c2nc[nH]c2c1=O. The number of nitrogens with one attached hydrogen (secondary N) is 2. The minimum Gasteiger partial charge on any atom is -0.361 e. The molecule has 0 unspecified atom stereocenters. The summed E-state index contributed by atoms with van der Waals surface area (Å²) in [6.07, 6.45) is 1.37. The summed E-state index contributed by atoms with van der Waals surface area (Å²) in [5.74, 6) is 0. The first-order valence-electron chi connectivity index (χ1n) is 6.12. The van der Waals surface area contributed by atoms with Crippen LogP contribution in [0.4, 0.5) is 0 Å². The third kappa shape index (κ3) is 3.21. The van der Waals surface area contributed by atoms with Gasteiger partial charge in [-0.1, -0.05) is 19.6 Å². The molecule has 0 aliphatic carbocycles. The van der Waals surface area contributed by atoms with Crippen molar-refractivity contribution >= 4 is 19.2 Å². The number of hydrogen-bond acceptors (Lipinski definition) is 4. The lowest BCUT2D eigenvalue weighted by molar-refractivity contribution is 0.0820. The van der Waals surface area contributed by atoms with Crippen LogP contribution in [0.2, 0.25) is 25.7 Å². The van der Waals surface area contributed by atoms with E-state index in [1.807, 2.05) is 0 Å². The average molecular weight is 282 g/mol. The van der Waals surface area contributed by atoms with Crippen LogP contribution in [0.25, 0.3) is 11.2 Å². The zero-order valence-electron chi connectivity index (χ0n) is 11.3. The van der Waals surface area contributed by atoms with Gasteiger partial charge in [-0.25, -0.2) is 14.3 Å². The number of imidazole rings is 1. The number of aromatic amines is 2. The van der Waals surface area contributed by atoms with Gasteiger partial charge in [0, 0.05) is 14.7 Å². The Morgan fingerprint density at radius 1 is 1.37 bits per heavy atom. The first kappa shape index (κ1) is 13.8. The second-order valence-corrected chi connectivity index (χ2v) is 11.3. The summed E-state index contributed by atoms with van der Waals surface area (Å²) in [5.41, 5.74) is -0.358. The molecule has 0 radical (unpaired) electrons. The Kier molecular flexibility index (Phi) is 3.72. The molecule has 0 saturated heterocycles. The fraction of sp³-hybridized carbons (Fsp3) is 0.545. The Bertz CT molecular complexity index is 680. The fourth-order valence-corrected chi connectivity index (χ4v) is 2.36. The van der Waals surface area contributed by atoms with Crippen molar-refractivity contribution in [3.8, 4) is 0 Å². The molecule has 2 N–H and O–H groups in total. The van der Waals surface area contributed by atoms with Gasteiger partial charge in [-0.15, -0.1) is 0 Å². The number of H-pyrrole nitrogens is 2. The average Bonchev–Trinajstić information content (AvgIpc) is 2.74. The lowest BCUT2D eigenvalue weighted by Gasteiger charge is -2.15. The first-order valence-corrected chi connectivity index (χ1v) is 9.83. The van der Waals surface area contributed by atoms with Crippen LogP contribution in [0.5, 0.6) is 0 Å². The molecule has 0 fully saturated rings. The molecule has 2 aromatic rings. The first-order chi connectivity index (χ1) is 8.88. The summed E-state index contributed by atoms with van der Waals surface area (Å²) in [5, 5.41) is 0. The highest BCUT2D eigenvalue weighted by Crippen LogP contribution is 2.07. The van der Waals surface area contributed by atoms with Crippen molar-refractivity contribution in [3.63, 3.8) is 0 Å². The van der Waals surface area contributed by atoms with E-state index in [-0.39, 0.29) is 17.9 Å². The number of rotatable bonds is 5. The zero-order chi connectivity index (χ0) is 14.0. The topological polar surface area (TPSA) is 92.8 Å². The summed E-state index contributed by atoms with van der Waals surface area (Å²) in [7, 11) is -1.17. The molecule has 104 valence electrons. The van der Waals surface area contributed by atoms with Gasteiger partial charge in [-0.2, -0.15) is 0 Å². The highest BCUT2D eigenvalue weighted by molar-refractivity contribution is 6.76. The van der Waals surface area contributed by atoms with Gasteiger partial charge in [0.2, 0.25) is 0 Å². The lowest BCUT2D eigenvalue weighted by Crippen LogP contribution is -2.36. The Labute approximate surface area is 110 Å². The molecule has 0 amide bonds. The normalized spacial score (nSPS) is 12.2. The fourth-order valence-electron chi connectivity index (χ4n) is 1.60. The Hall–Kier alpha value is -1.67. The Balaban J connectivity index is 2.13. The Morgan fingerprint density at radius 2 is 2.11 bits per heavy atom. The van der Waals surface area contributed by atoms with Crippen molar-refractivity contribution in [2.45, 2.75) is 32.4 Å². The van der Waals surface area contributed by atoms with E-state index in [1.54, 1.807) is 0 Å². The van der Waals surface area contributed by atoms with Crippen molar-refractivity contribution in [3.05, 3.63) is 27.2 Å². The number of ether oxygens (including phenoxy) is 1. The van der Waals surface area contributed by atoms with Crippen molar-refractivity contribution in [1.29, 1.82) is 0 Å². The van der Waals surface area contributed by atoms with Crippen LogP contribution in [0.1, 0.15) is 0 Å². The van der Waals surface area contributed by atoms with Crippen LogP contribution in [0.15, 0.2) is 15.9 Å². The van der Waals surface area contributed by atoms with E-state index in [9.17, 15) is 9.59 Å². The molecule has 2 heterocycles. The number of nitrogens with zero attached hydrogens (tertiary/aromatic N) is 2. The van der Waals surface area contributed by atoms with Gasteiger partial charge in [0.25, 0.3) is 5.56 Å². The summed E-state index contributed by atoms with van der Waals surface area (Å²) < 4.78 is 6.46. The van der Waals surface area contributed by atoms with E-state index in [0.29, 0.717) is 6.61 Å². The maximum atomic E-state index is 12.0. The second kappa shape index (κ2) is 5.14. The summed E-state index contributed by atoms with van der Waals surface area (Å²) in [6, 6.07) is 0.992. The summed E-state index contributed by atoms with van der Waals surface area (Å²) >= 11 is 0. The van der Waals surface area contributed by atoms with Gasteiger partial charge in [0.05, 0.1) is 6.33 Å². The summed E-state index contributed by atoms with van der Waals surface area (Å²) in [4.78, 5) is 32.8. The molecule has 8 heteroatoms. The second-order valence-electron chi connectivity index (χ2n) is 5.64. The molecular formula is C11H18N4O3Si. The van der Waals surface area contributed by atoms with E-state index in [0.717, 1.165) is 10.6 Å². The van der Waals surface area contributed by atoms with Gasteiger partial charge in [0.1, 0.15) is 12.2 Å². The van der Waals surface area contributed by atoms with Crippen LogP contribution in [-0.2, 0) is 11.5 Å². The van der Waals surface area contributed by atoms with E-state index >= 15 is 0 Å². The van der Waals surface area contributed by atoms with Crippen LogP contribution in [0, 0.1) is 0 Å². The minimum atomic E-state index is -1.17. The molecule has 0 aliphatic rings. The van der Waals surface area contributed by atoms with Crippen LogP contribution in [-0.4, -0.2) is 34.2 Å². The van der Waals surface area contributed by atoms with Crippen LogP contribution >= 0.6 is 0 Å². The molecule has 0 atom stereocenters. The predicted octanol–water partition coefficient (Wildman–Crippen LogP) is 0.725. The lowest BCUT2D eigenvalue weighted by atomic mass is 10.5.